The van der Waals surface area contributed by atoms with Crippen molar-refractivity contribution >= 4 is 0 Å². The summed E-state index contributed by atoms with van der Waals surface area (Å²) in [5.41, 5.74) is 0.722. The molecule has 3 atom stereocenters. The maximum absolute atomic E-state index is 2.79. The lowest BCUT2D eigenvalue weighted by Crippen LogP contribution is -2.60. The van der Waals surface area contributed by atoms with Crippen LogP contribution in [0.4, 0.5) is 0 Å². The minimum absolute atomic E-state index is 0.321. The predicted octanol–water partition coefficient (Wildman–Crippen LogP) is 3.55. The fraction of sp³-hybridized carbons (Fsp3) is 1.00. The van der Waals surface area contributed by atoms with E-state index in [4.69, 9.17) is 0 Å². The lowest BCUT2D eigenvalue weighted by Gasteiger charge is -2.50. The summed E-state index contributed by atoms with van der Waals surface area (Å²) in [7, 11) is 0. The average molecular weight is 324 g/mol. The van der Waals surface area contributed by atoms with Gasteiger partial charge in [0.25, 0.3) is 0 Å². The van der Waals surface area contributed by atoms with Gasteiger partial charge in [0.1, 0.15) is 0 Å². The highest BCUT2D eigenvalue weighted by Gasteiger charge is 2.37. The zero-order valence-electron chi connectivity index (χ0n) is 17.0. The molecule has 0 amide bonds. The van der Waals surface area contributed by atoms with Gasteiger partial charge in [-0.25, -0.2) is 0 Å². The van der Waals surface area contributed by atoms with E-state index >= 15 is 0 Å². The van der Waals surface area contributed by atoms with Gasteiger partial charge in [0.05, 0.1) is 0 Å². The summed E-state index contributed by atoms with van der Waals surface area (Å²) in [5, 5.41) is 0. The Morgan fingerprint density at radius 2 is 1.43 bits per heavy atom. The van der Waals surface area contributed by atoms with Gasteiger partial charge >= 0.3 is 0 Å². The summed E-state index contributed by atoms with van der Waals surface area (Å²) in [5.74, 6) is 0.787. The van der Waals surface area contributed by atoms with Gasteiger partial charge in [-0.05, 0) is 45.4 Å². The highest BCUT2D eigenvalue weighted by molar-refractivity contribution is 4.93. The Kier molecular flexibility index (Phi) is 5.86. The van der Waals surface area contributed by atoms with Gasteiger partial charge in [0.15, 0.2) is 0 Å². The third-order valence-electron chi connectivity index (χ3n) is 5.79. The molecule has 0 aromatic heterocycles. The highest BCUT2D eigenvalue weighted by atomic mass is 15.3. The van der Waals surface area contributed by atoms with Crippen molar-refractivity contribution in [1.29, 1.82) is 0 Å². The number of rotatable bonds is 2. The number of nitrogens with zero attached hydrogens (tertiary/aromatic N) is 3. The number of piperidine rings is 1. The van der Waals surface area contributed by atoms with E-state index in [2.05, 4.69) is 70.1 Å². The molecule has 0 saturated carbocycles. The van der Waals surface area contributed by atoms with Crippen molar-refractivity contribution in [1.82, 2.24) is 14.7 Å². The summed E-state index contributed by atoms with van der Waals surface area (Å²) < 4.78 is 0. The van der Waals surface area contributed by atoms with Gasteiger partial charge in [-0.3, -0.25) is 14.7 Å². The lowest BCUT2D eigenvalue weighted by atomic mass is 9.85. The first-order valence-corrected chi connectivity index (χ1v) is 9.70. The molecule has 2 aliphatic rings. The molecule has 0 N–H and O–H groups in total. The molecule has 0 aliphatic carbocycles. The van der Waals surface area contributed by atoms with Crippen molar-refractivity contribution in [2.24, 2.45) is 11.3 Å². The highest BCUT2D eigenvalue weighted by Crippen LogP contribution is 2.30. The van der Waals surface area contributed by atoms with Crippen LogP contribution in [0.1, 0.15) is 61.8 Å². The SMILES string of the molecule is C[C@@H]1CC(N2CCN(C(C)(C)C)CC2)[C@@H](C)CN1CC(C)(C)C. The van der Waals surface area contributed by atoms with Gasteiger partial charge in [-0.1, -0.05) is 27.7 Å². The van der Waals surface area contributed by atoms with Crippen LogP contribution in [0.15, 0.2) is 0 Å². The van der Waals surface area contributed by atoms with Crippen LogP contribution in [-0.4, -0.2) is 71.6 Å². The van der Waals surface area contributed by atoms with Crippen LogP contribution >= 0.6 is 0 Å². The molecule has 23 heavy (non-hydrogen) atoms. The normalized spacial score (nSPS) is 33.1. The van der Waals surface area contributed by atoms with E-state index in [0.29, 0.717) is 11.0 Å². The van der Waals surface area contributed by atoms with Gasteiger partial charge in [0, 0.05) is 56.9 Å². The van der Waals surface area contributed by atoms with E-state index in [1.165, 1.54) is 45.7 Å². The Balaban J connectivity index is 1.91. The fourth-order valence-electron chi connectivity index (χ4n) is 4.47. The number of hydrogen-bond acceptors (Lipinski definition) is 3. The topological polar surface area (TPSA) is 9.72 Å². The summed E-state index contributed by atoms with van der Waals surface area (Å²) >= 11 is 0. The first kappa shape index (κ1) is 19.2. The fourth-order valence-corrected chi connectivity index (χ4v) is 4.47. The maximum Gasteiger partial charge on any atom is 0.0149 e. The Labute approximate surface area is 145 Å². The molecule has 0 aromatic carbocycles. The molecule has 3 nitrogen and oxygen atoms in total. The van der Waals surface area contributed by atoms with E-state index in [1.807, 2.05) is 0 Å². The molecule has 2 rings (SSSR count). The molecule has 136 valence electrons. The quantitative estimate of drug-likeness (QED) is 0.769. The largest absolute Gasteiger partial charge is 0.300 e. The van der Waals surface area contributed by atoms with E-state index in [-0.39, 0.29) is 0 Å². The number of hydrogen-bond donors (Lipinski definition) is 0. The molecule has 2 fully saturated rings. The van der Waals surface area contributed by atoms with Gasteiger partial charge < -0.3 is 0 Å². The van der Waals surface area contributed by atoms with Crippen molar-refractivity contribution in [3.8, 4) is 0 Å². The minimum Gasteiger partial charge on any atom is -0.300 e. The van der Waals surface area contributed by atoms with Gasteiger partial charge in [-0.15, -0.1) is 0 Å². The van der Waals surface area contributed by atoms with Crippen molar-refractivity contribution < 1.29 is 0 Å². The summed E-state index contributed by atoms with van der Waals surface area (Å²) in [6.07, 6.45) is 1.34. The molecule has 0 spiro atoms. The van der Waals surface area contributed by atoms with Crippen LogP contribution in [0.2, 0.25) is 0 Å². The van der Waals surface area contributed by atoms with Crippen LogP contribution in [0.5, 0.6) is 0 Å². The van der Waals surface area contributed by atoms with E-state index in [1.54, 1.807) is 0 Å². The van der Waals surface area contributed by atoms with Crippen LogP contribution < -0.4 is 0 Å². The summed E-state index contributed by atoms with van der Waals surface area (Å²) in [6.45, 7) is 26.5. The van der Waals surface area contributed by atoms with E-state index in [0.717, 1.165) is 18.0 Å². The van der Waals surface area contributed by atoms with E-state index < -0.39 is 0 Å². The first-order chi connectivity index (χ1) is 10.5. The van der Waals surface area contributed by atoms with Crippen LogP contribution in [0, 0.1) is 11.3 Å². The van der Waals surface area contributed by atoms with Crippen LogP contribution in [-0.2, 0) is 0 Å². The van der Waals surface area contributed by atoms with Gasteiger partial charge in [-0.2, -0.15) is 0 Å². The molecule has 0 aromatic rings. The summed E-state index contributed by atoms with van der Waals surface area (Å²) in [6, 6.07) is 1.50. The second-order valence-electron chi connectivity index (χ2n) is 10.3. The Bertz CT molecular complexity index is 371. The molecule has 3 heteroatoms. The lowest BCUT2D eigenvalue weighted by molar-refractivity contribution is -0.0173. The molecular weight excluding hydrogens is 282 g/mol. The van der Waals surface area contributed by atoms with Crippen molar-refractivity contribution in [3.05, 3.63) is 0 Å². The molecule has 0 bridgehead atoms. The monoisotopic (exact) mass is 323 g/mol. The minimum atomic E-state index is 0.321. The number of piperazine rings is 1. The Hall–Kier alpha value is -0.120. The molecule has 2 saturated heterocycles. The van der Waals surface area contributed by atoms with E-state index in [9.17, 15) is 0 Å². The standard InChI is InChI=1S/C20H41N3/c1-16-14-22(15-19(3,4)5)17(2)13-18(16)21-9-11-23(12-10-21)20(6,7)8/h16-18H,9-15H2,1-8H3/t16-,17+,18?/m0/s1. The second kappa shape index (κ2) is 7.01. The Morgan fingerprint density at radius 1 is 0.870 bits per heavy atom. The molecule has 2 heterocycles. The molecule has 2 aliphatic heterocycles. The first-order valence-electron chi connectivity index (χ1n) is 9.70. The third kappa shape index (κ3) is 5.17. The third-order valence-corrected chi connectivity index (χ3v) is 5.79. The summed E-state index contributed by atoms with van der Waals surface area (Å²) in [4.78, 5) is 8.16. The van der Waals surface area contributed by atoms with Crippen LogP contribution in [0.3, 0.4) is 0 Å². The predicted molar refractivity (Wildman–Crippen MR) is 101 cm³/mol. The zero-order valence-corrected chi connectivity index (χ0v) is 17.0. The molecule has 1 unspecified atom stereocenters. The van der Waals surface area contributed by atoms with Crippen molar-refractivity contribution in [3.63, 3.8) is 0 Å². The average Bonchev–Trinajstić information content (AvgIpc) is 2.40. The maximum atomic E-state index is 2.79. The Morgan fingerprint density at radius 3 is 1.91 bits per heavy atom. The molecule has 0 radical (unpaired) electrons. The van der Waals surface area contributed by atoms with Crippen molar-refractivity contribution in [2.45, 2.75) is 79.4 Å². The smallest absolute Gasteiger partial charge is 0.0149 e. The van der Waals surface area contributed by atoms with Gasteiger partial charge in [0.2, 0.25) is 0 Å². The van der Waals surface area contributed by atoms with Crippen LogP contribution in [0.25, 0.3) is 0 Å². The molecular formula is C20H41N3. The second-order valence-corrected chi connectivity index (χ2v) is 10.3. The number of likely N-dealkylation sites (tertiary alicyclic amines) is 1. The zero-order chi connectivity index (χ0) is 17.4. The van der Waals surface area contributed by atoms with Crippen molar-refractivity contribution in [2.75, 3.05) is 39.3 Å².